The van der Waals surface area contributed by atoms with Crippen molar-refractivity contribution in [2.24, 2.45) is 30.9 Å². The third-order valence-corrected chi connectivity index (χ3v) is 7.98. The number of hydrogen-bond acceptors (Lipinski definition) is 12. The molecule has 0 N–H and O–H groups in total. The van der Waals surface area contributed by atoms with Crippen LogP contribution in [-0.4, -0.2) is 51.5 Å². The second-order valence-electron chi connectivity index (χ2n) is 9.83. The first-order valence-electron chi connectivity index (χ1n) is 14.6. The zero-order valence-corrected chi connectivity index (χ0v) is 32.0. The van der Waals surface area contributed by atoms with Crippen LogP contribution in [-0.2, 0) is 45.6 Å². The van der Waals surface area contributed by atoms with Crippen LogP contribution in [0.3, 0.4) is 0 Å². The van der Waals surface area contributed by atoms with Gasteiger partial charge in [0.25, 0.3) is 0 Å². The molecule has 0 fully saturated rings. The fraction of sp³-hybridized carbons (Fsp3) is 0.0323. The fourth-order valence-corrected chi connectivity index (χ4v) is 4.50. The van der Waals surface area contributed by atoms with Gasteiger partial charge in [-0.15, -0.1) is 54.1 Å². The number of alkyl halides is 2. The predicted octanol–water partition coefficient (Wildman–Crippen LogP) is 8.38. The third kappa shape index (κ3) is 10.9. The van der Waals surface area contributed by atoms with Gasteiger partial charge in [0.05, 0.1) is 5.34 Å². The summed E-state index contributed by atoms with van der Waals surface area (Å²) in [5.41, 5.74) is 0.840. The Morgan fingerprint density at radius 2 is 0.615 bits per heavy atom. The molecule has 0 unspecified atom stereocenters. The molecule has 0 aliphatic carbocycles. The number of halogens is 6. The van der Waals surface area contributed by atoms with Gasteiger partial charge in [0.2, 0.25) is 0 Å². The normalized spacial score (nSPS) is 26.3. The molecule has 4 aromatic carbocycles. The number of fused-ring (bicyclic) bond motifs is 9. The maximum absolute atomic E-state index is 16.7. The van der Waals surface area contributed by atoms with Crippen molar-refractivity contribution in [1.29, 1.82) is 0 Å². The topological polar surface area (TPSA) is 130 Å². The van der Waals surface area contributed by atoms with Crippen molar-refractivity contribution in [3.63, 3.8) is 0 Å². The van der Waals surface area contributed by atoms with Crippen molar-refractivity contribution in [2.75, 3.05) is 5.34 Å². The van der Waals surface area contributed by atoms with Gasteiger partial charge in [0.15, 0.2) is 9.24 Å². The average Bonchev–Trinajstić information content (AvgIpc) is 3.16. The van der Waals surface area contributed by atoms with E-state index in [0.29, 0.717) is 22.3 Å². The van der Waals surface area contributed by atoms with Gasteiger partial charge in [-0.1, -0.05) is 121 Å². The van der Waals surface area contributed by atoms with Crippen LogP contribution >= 0.6 is 55.1 Å². The van der Waals surface area contributed by atoms with E-state index in [0.717, 1.165) is 0 Å². The van der Waals surface area contributed by atoms with Crippen LogP contribution in [0.15, 0.2) is 152 Å². The van der Waals surface area contributed by atoms with Crippen molar-refractivity contribution >= 4 is 101 Å². The van der Waals surface area contributed by atoms with E-state index in [4.69, 9.17) is 51.7 Å². The molecule has 7 rings (SSSR count). The summed E-state index contributed by atoms with van der Waals surface area (Å²) in [6.45, 7) is 0. The second kappa shape index (κ2) is 19.5. The number of rotatable bonds is 4. The van der Waals surface area contributed by atoms with Crippen LogP contribution < -0.4 is 0 Å². The predicted molar refractivity (Wildman–Crippen MR) is 201 cm³/mol. The first-order valence-corrected chi connectivity index (χ1v) is 17.2. The molecule has 12 nitrogen and oxygen atoms in total. The molecule has 3 aliphatic heterocycles. The van der Waals surface area contributed by atoms with Crippen molar-refractivity contribution in [1.82, 2.24) is 0 Å². The zero-order chi connectivity index (χ0) is 36.1. The Morgan fingerprint density at radius 3 is 0.827 bits per heavy atom. The molecule has 0 atom stereocenters. The molecule has 0 spiro atoms. The maximum atomic E-state index is 16.7. The van der Waals surface area contributed by atoms with E-state index in [-0.39, 0.29) is 54.5 Å². The SMILES string of the molecule is ClCCl.F[B-]12O/N=C(Br)/C(Br)=N/O[B-](F)(O/N=C(c3ccccc3)/C(c3ccccc3)=N/O1)O/N=C(c1ccccc1)/C(c1ccccc1)=N/O2.[Fe+2]. The smallest absolute Gasteiger partial charge is 0.509 e. The Labute approximate surface area is 333 Å². The minimum absolute atomic E-state index is 0. The summed E-state index contributed by atoms with van der Waals surface area (Å²) >= 11 is 15.6. The molecule has 21 heteroatoms. The molecule has 3 heterocycles. The molecule has 0 saturated heterocycles. The summed E-state index contributed by atoms with van der Waals surface area (Å²) in [6, 6.07) is 33.5. The quantitative estimate of drug-likeness (QED) is 0.150. The largest absolute Gasteiger partial charge is 2.00 e. The van der Waals surface area contributed by atoms with E-state index in [1.807, 2.05) is 0 Å². The summed E-state index contributed by atoms with van der Waals surface area (Å²) in [6.07, 6.45) is 0. The van der Waals surface area contributed by atoms with Crippen LogP contribution in [0, 0.1) is 0 Å². The van der Waals surface area contributed by atoms with Gasteiger partial charge in [-0.3, -0.25) is 0 Å². The minimum atomic E-state index is -4.50. The van der Waals surface area contributed by atoms with E-state index >= 15 is 8.63 Å². The Balaban J connectivity index is 0.00000146. The fourth-order valence-electron chi connectivity index (χ4n) is 4.19. The molecule has 0 saturated carbocycles. The first kappa shape index (κ1) is 40.5. The Hall–Kier alpha value is -4.25. The Morgan fingerprint density at radius 1 is 0.423 bits per heavy atom. The van der Waals surface area contributed by atoms with E-state index in [1.165, 1.54) is 0 Å². The van der Waals surface area contributed by atoms with Crippen LogP contribution in [0.1, 0.15) is 22.3 Å². The Kier molecular flexibility index (Phi) is 15.2. The summed E-state index contributed by atoms with van der Waals surface area (Å²) in [5, 5.41) is 23.6. The summed E-state index contributed by atoms with van der Waals surface area (Å²) in [4.78, 5) is 0. The van der Waals surface area contributed by atoms with E-state index in [9.17, 15) is 0 Å². The van der Waals surface area contributed by atoms with Crippen molar-refractivity contribution < 1.29 is 54.2 Å². The molecule has 3 aliphatic rings. The average molecular weight is 921 g/mol. The van der Waals surface area contributed by atoms with Gasteiger partial charge >= 0.3 is 31.1 Å². The Bertz CT molecular complexity index is 1720. The van der Waals surface area contributed by atoms with E-state index < -0.39 is 14.1 Å². The number of hydrogen-bond donors (Lipinski definition) is 0. The van der Waals surface area contributed by atoms with Crippen LogP contribution in [0.2, 0.25) is 0 Å². The standard InChI is InChI=1S/C30H20B2Br2F2N6O6.CH2Cl2.Fe/c33-29-30(34)42-48-32(36)44-38-26(22-15-7-2-8-16-22)25(21-13-5-1-6-14-21)37-43-31(35,47-41-29)45-39-27(23-17-9-3-10-18-23)28(40-46-32)24-19-11-4-12-20-24;2-1-3;/h1-20H;1H2;/q-2;;+2/b37-25+,38-26+,39-27+,40-28+,41-29-,42-30-;;. The van der Waals surface area contributed by atoms with Gasteiger partial charge in [-0.25, -0.2) is 0 Å². The van der Waals surface area contributed by atoms with Gasteiger partial charge < -0.3 is 37.2 Å². The molecular formula is C31H22B2Br2Cl2F2FeN6O6. The summed E-state index contributed by atoms with van der Waals surface area (Å²) in [5.74, 6) is 0. The maximum Gasteiger partial charge on any atom is 2.00 e. The number of benzene rings is 4. The molecule has 2 bridgehead atoms. The van der Waals surface area contributed by atoms with Crippen molar-refractivity contribution in [3.05, 3.63) is 144 Å². The third-order valence-electron chi connectivity index (χ3n) is 6.40. The molecule has 4 aromatic rings. The van der Waals surface area contributed by atoms with E-state index in [2.05, 4.69) is 62.8 Å². The van der Waals surface area contributed by atoms with Gasteiger partial charge in [0.1, 0.15) is 22.8 Å². The molecule has 0 aromatic heterocycles. The van der Waals surface area contributed by atoms with Crippen molar-refractivity contribution in [3.8, 4) is 0 Å². The van der Waals surface area contributed by atoms with Gasteiger partial charge in [0, 0.05) is 22.3 Å². The minimum Gasteiger partial charge on any atom is -0.509 e. The number of nitrogens with zero attached hydrogens (tertiary/aromatic N) is 6. The van der Waals surface area contributed by atoms with Crippen LogP contribution in [0.5, 0.6) is 0 Å². The molecular weight excluding hydrogens is 899 g/mol. The molecule has 52 heavy (non-hydrogen) atoms. The first-order chi connectivity index (χ1) is 24.7. The monoisotopic (exact) mass is 918 g/mol. The van der Waals surface area contributed by atoms with E-state index in [1.54, 1.807) is 121 Å². The summed E-state index contributed by atoms with van der Waals surface area (Å²) < 4.78 is 64.4. The van der Waals surface area contributed by atoms with Crippen molar-refractivity contribution in [2.45, 2.75) is 0 Å². The molecule has 0 amide bonds. The molecule has 0 radical (unpaired) electrons. The summed E-state index contributed by atoms with van der Waals surface area (Å²) in [7, 11) is -9.01. The van der Waals surface area contributed by atoms with Crippen LogP contribution in [0.25, 0.3) is 0 Å². The second-order valence-corrected chi connectivity index (χ2v) is 12.1. The number of oxime groups is 6. The van der Waals surface area contributed by atoms with Gasteiger partial charge in [-0.05, 0) is 31.9 Å². The van der Waals surface area contributed by atoms with Gasteiger partial charge in [-0.2, -0.15) is 0 Å². The molecule has 268 valence electrons. The zero-order valence-electron chi connectivity index (χ0n) is 26.2. The van der Waals surface area contributed by atoms with Crippen LogP contribution in [0.4, 0.5) is 8.63 Å².